The van der Waals surface area contributed by atoms with E-state index in [1.807, 2.05) is 30.0 Å². The number of nitrogens with one attached hydrogen (secondary N) is 1. The number of aromatic nitrogens is 2. The summed E-state index contributed by atoms with van der Waals surface area (Å²) >= 11 is 0. The minimum atomic E-state index is -2.94. The lowest BCUT2D eigenvalue weighted by molar-refractivity contribution is -0.165. The maximum atomic E-state index is 14.0. The second-order valence-electron chi connectivity index (χ2n) is 12.2. The van der Waals surface area contributed by atoms with E-state index in [0.717, 1.165) is 19.3 Å². The van der Waals surface area contributed by atoms with Crippen molar-refractivity contribution in [3.63, 3.8) is 0 Å². The van der Waals surface area contributed by atoms with Gasteiger partial charge in [0.2, 0.25) is 12.1 Å². The summed E-state index contributed by atoms with van der Waals surface area (Å²) in [6.07, 6.45) is -0.737. The standard InChI is InChI=1S/C35H47N6O11P/c1-5-8-20-51-35(46)40-18-16-39(17-19-40)32(43)27(23-53(47)52-29(33(44)49-6-2)34(45)50-7-3)37-31(42)26-21-28(41-15-14-25(22-41)48-4)38-30(36-26)24-12-10-9-11-13-24/h9-13,21,25,27,29H,5-8,14-20,22-23H2,1-4H3/p+1. The van der Waals surface area contributed by atoms with Crippen molar-refractivity contribution in [3.8, 4) is 11.4 Å². The van der Waals surface area contributed by atoms with Crippen molar-refractivity contribution in [1.82, 2.24) is 25.1 Å². The predicted molar refractivity (Wildman–Crippen MR) is 191 cm³/mol. The van der Waals surface area contributed by atoms with Crippen LogP contribution in [-0.2, 0) is 42.4 Å². The molecule has 3 unspecified atom stereocenters. The molecule has 3 atom stereocenters. The number of hydrogen-bond acceptors (Lipinski definition) is 14. The maximum Gasteiger partial charge on any atom is 0.512 e. The summed E-state index contributed by atoms with van der Waals surface area (Å²) in [5.41, 5.74) is 0.601. The highest BCUT2D eigenvalue weighted by Gasteiger charge is 2.43. The Bertz CT molecular complexity index is 1570. The van der Waals surface area contributed by atoms with Crippen molar-refractivity contribution >= 4 is 43.7 Å². The number of hydrogen-bond donors (Lipinski definition) is 1. The van der Waals surface area contributed by atoms with Gasteiger partial charge in [-0.05, 0) is 31.3 Å². The molecule has 2 aromatic rings. The van der Waals surface area contributed by atoms with Crippen LogP contribution in [0.3, 0.4) is 0 Å². The third-order valence-electron chi connectivity index (χ3n) is 8.51. The highest BCUT2D eigenvalue weighted by atomic mass is 31.1. The number of unbranched alkanes of at least 4 members (excludes halogenated alkanes) is 1. The van der Waals surface area contributed by atoms with Crippen LogP contribution in [-0.4, -0.2) is 140 Å². The summed E-state index contributed by atoms with van der Waals surface area (Å²) < 4.78 is 39.4. The van der Waals surface area contributed by atoms with Crippen molar-refractivity contribution < 1.29 is 52.0 Å². The highest BCUT2D eigenvalue weighted by Crippen LogP contribution is 2.29. The minimum absolute atomic E-state index is 0.0209. The highest BCUT2D eigenvalue weighted by molar-refractivity contribution is 7.39. The zero-order valence-electron chi connectivity index (χ0n) is 30.6. The SMILES string of the molecule is CCCCOC(=O)N1CCN(C(=O)C(C[P+](=O)OC(C(=O)OCC)C(=O)OCC)NC(=O)c2cc(N3CCC(OC)C3)nc(-c3ccccc3)n2)CC1. The van der Waals surface area contributed by atoms with Gasteiger partial charge in [-0.3, -0.25) is 9.59 Å². The molecule has 3 amide bonds. The van der Waals surface area contributed by atoms with Gasteiger partial charge in [0.1, 0.15) is 11.5 Å². The minimum Gasteiger partial charge on any atom is -0.463 e. The fourth-order valence-corrected chi connectivity index (χ4v) is 6.67. The van der Waals surface area contributed by atoms with E-state index < -0.39 is 56.2 Å². The zero-order valence-corrected chi connectivity index (χ0v) is 31.5. The molecular formula is C35H48N6O11P+. The lowest BCUT2D eigenvalue weighted by Crippen LogP contribution is -2.56. The number of carbonyl (C=O) groups is 5. The number of anilines is 1. The van der Waals surface area contributed by atoms with Gasteiger partial charge in [0.05, 0.1) is 25.9 Å². The van der Waals surface area contributed by atoms with Crippen LogP contribution in [0.1, 0.15) is 50.5 Å². The molecule has 0 aliphatic carbocycles. The van der Waals surface area contributed by atoms with Gasteiger partial charge in [0.25, 0.3) is 5.91 Å². The number of methoxy groups -OCH3 is 1. The monoisotopic (exact) mass is 759 g/mol. The Labute approximate surface area is 309 Å². The molecule has 17 nitrogen and oxygen atoms in total. The number of rotatable bonds is 17. The van der Waals surface area contributed by atoms with Gasteiger partial charge in [-0.15, -0.1) is 4.52 Å². The first kappa shape index (κ1) is 41.0. The fraction of sp³-hybridized carbons (Fsp3) is 0.571. The van der Waals surface area contributed by atoms with Crippen molar-refractivity contribution in [1.29, 1.82) is 0 Å². The molecule has 2 aliphatic rings. The smallest absolute Gasteiger partial charge is 0.463 e. The summed E-state index contributed by atoms with van der Waals surface area (Å²) in [6, 6.07) is 9.14. The number of amides is 3. The molecule has 2 saturated heterocycles. The van der Waals surface area contributed by atoms with Crippen LogP contribution in [0.15, 0.2) is 36.4 Å². The number of benzene rings is 1. The molecule has 1 aromatic carbocycles. The lowest BCUT2D eigenvalue weighted by Gasteiger charge is -2.35. The van der Waals surface area contributed by atoms with E-state index in [0.29, 0.717) is 24.5 Å². The number of piperazine rings is 1. The molecule has 1 aromatic heterocycles. The molecule has 2 aliphatic heterocycles. The number of ether oxygens (including phenoxy) is 4. The topological polar surface area (TPSA) is 196 Å². The second-order valence-corrected chi connectivity index (χ2v) is 13.4. The average Bonchev–Trinajstić information content (AvgIpc) is 3.66. The molecule has 0 spiro atoms. The fourth-order valence-electron chi connectivity index (χ4n) is 5.63. The Morgan fingerprint density at radius 1 is 0.906 bits per heavy atom. The Morgan fingerprint density at radius 3 is 2.17 bits per heavy atom. The predicted octanol–water partition coefficient (Wildman–Crippen LogP) is 2.80. The lowest BCUT2D eigenvalue weighted by atomic mass is 10.2. The van der Waals surface area contributed by atoms with Gasteiger partial charge < -0.3 is 39.0 Å². The molecule has 0 saturated carbocycles. The van der Waals surface area contributed by atoms with Gasteiger partial charge in [0, 0.05) is 58.0 Å². The van der Waals surface area contributed by atoms with Crippen molar-refractivity contribution in [2.45, 2.75) is 58.3 Å². The molecule has 2 fully saturated rings. The maximum absolute atomic E-state index is 14.0. The largest absolute Gasteiger partial charge is 0.512 e. The van der Waals surface area contributed by atoms with Gasteiger partial charge in [-0.25, -0.2) is 24.4 Å². The van der Waals surface area contributed by atoms with E-state index >= 15 is 0 Å². The van der Waals surface area contributed by atoms with E-state index in [2.05, 4.69) is 10.3 Å². The molecule has 0 radical (unpaired) electrons. The second kappa shape index (κ2) is 20.5. The summed E-state index contributed by atoms with van der Waals surface area (Å²) in [5.74, 6) is -2.84. The summed E-state index contributed by atoms with van der Waals surface area (Å²) in [6.45, 7) is 6.87. The first-order chi connectivity index (χ1) is 25.6. The van der Waals surface area contributed by atoms with E-state index in [1.165, 1.54) is 29.7 Å². The Kier molecular flexibility index (Phi) is 15.9. The van der Waals surface area contributed by atoms with Crippen LogP contribution in [0.4, 0.5) is 10.6 Å². The molecule has 18 heteroatoms. The van der Waals surface area contributed by atoms with Crippen LogP contribution < -0.4 is 10.2 Å². The first-order valence-electron chi connectivity index (χ1n) is 17.8. The van der Waals surface area contributed by atoms with Crippen molar-refractivity contribution in [3.05, 3.63) is 42.1 Å². The quantitative estimate of drug-likeness (QED) is 0.0813. The third-order valence-corrected chi connectivity index (χ3v) is 9.62. The molecule has 4 rings (SSSR count). The van der Waals surface area contributed by atoms with Crippen LogP contribution in [0.25, 0.3) is 11.4 Å². The first-order valence-corrected chi connectivity index (χ1v) is 19.1. The van der Waals surface area contributed by atoms with E-state index in [4.69, 9.17) is 28.5 Å². The molecule has 0 bridgehead atoms. The van der Waals surface area contributed by atoms with Gasteiger partial charge in [-0.1, -0.05) is 43.7 Å². The van der Waals surface area contributed by atoms with Crippen LogP contribution >= 0.6 is 8.03 Å². The van der Waals surface area contributed by atoms with E-state index in [9.17, 15) is 28.5 Å². The molecule has 1 N–H and O–H groups in total. The van der Waals surface area contributed by atoms with Crippen LogP contribution in [0, 0.1) is 0 Å². The third kappa shape index (κ3) is 11.6. The number of esters is 2. The van der Waals surface area contributed by atoms with Gasteiger partial charge in [-0.2, -0.15) is 0 Å². The summed E-state index contributed by atoms with van der Waals surface area (Å²) in [4.78, 5) is 79.7. The molecular weight excluding hydrogens is 711 g/mol. The van der Waals surface area contributed by atoms with Crippen molar-refractivity contribution in [2.24, 2.45) is 0 Å². The number of carbonyl (C=O) groups excluding carboxylic acids is 5. The molecule has 3 heterocycles. The van der Waals surface area contributed by atoms with Gasteiger partial charge >= 0.3 is 32.2 Å². The van der Waals surface area contributed by atoms with Crippen LogP contribution in [0.2, 0.25) is 0 Å². The van der Waals surface area contributed by atoms with Crippen molar-refractivity contribution in [2.75, 3.05) is 77.3 Å². The molecule has 53 heavy (non-hydrogen) atoms. The summed E-state index contributed by atoms with van der Waals surface area (Å²) in [5, 5.41) is 2.66. The van der Waals surface area contributed by atoms with Gasteiger partial charge in [0.15, 0.2) is 11.9 Å². The Hall–Kier alpha value is -4.73. The number of nitrogens with zero attached hydrogens (tertiary/aromatic N) is 5. The Balaban J connectivity index is 1.59. The zero-order chi connectivity index (χ0) is 38.3. The normalized spacial score (nSPS) is 16.6. The molecule has 288 valence electrons. The Morgan fingerprint density at radius 2 is 1.57 bits per heavy atom. The van der Waals surface area contributed by atoms with Crippen LogP contribution in [0.5, 0.6) is 0 Å². The van der Waals surface area contributed by atoms with E-state index in [1.54, 1.807) is 19.2 Å². The summed E-state index contributed by atoms with van der Waals surface area (Å²) in [7, 11) is -1.31. The van der Waals surface area contributed by atoms with E-state index in [-0.39, 0.29) is 63.6 Å². The average molecular weight is 760 g/mol.